The van der Waals surface area contributed by atoms with Gasteiger partial charge in [0.1, 0.15) is 17.6 Å². The van der Waals surface area contributed by atoms with Crippen LogP contribution in [0.25, 0.3) is 0 Å². The van der Waals surface area contributed by atoms with Crippen LogP contribution in [0, 0.1) is 3.57 Å². The fourth-order valence-corrected chi connectivity index (χ4v) is 2.60. The van der Waals surface area contributed by atoms with Crippen molar-refractivity contribution in [2.45, 2.75) is 25.5 Å². The number of halogens is 1. The lowest BCUT2D eigenvalue weighted by molar-refractivity contribution is 0.169. The van der Waals surface area contributed by atoms with Gasteiger partial charge >= 0.3 is 0 Å². The lowest BCUT2D eigenvalue weighted by Gasteiger charge is -2.25. The first kappa shape index (κ1) is 16.1. The molecule has 0 fully saturated rings. The molecular formula is C17H20INO2. The molecule has 2 aromatic carbocycles. The first-order valence-electron chi connectivity index (χ1n) is 6.96. The predicted octanol–water partition coefficient (Wildman–Crippen LogP) is 4.16. The van der Waals surface area contributed by atoms with Crippen LogP contribution in [0.3, 0.4) is 0 Å². The molecule has 112 valence electrons. The van der Waals surface area contributed by atoms with E-state index in [2.05, 4.69) is 29.5 Å². The lowest BCUT2D eigenvalue weighted by Crippen LogP contribution is -2.31. The number of methoxy groups -OCH3 is 1. The third-order valence-electron chi connectivity index (χ3n) is 3.40. The standard InChI is InChI=1S/C17H20INO2/c1-3-15(19)17(12-8-10-13(20-2)11-9-12)21-16-7-5-4-6-14(16)18/h4-11,15,17H,3,19H2,1-2H3. The number of nitrogens with two attached hydrogens (primary N) is 1. The highest BCUT2D eigenvalue weighted by molar-refractivity contribution is 14.1. The Balaban J connectivity index is 2.27. The highest BCUT2D eigenvalue weighted by atomic mass is 127. The molecule has 2 unspecified atom stereocenters. The minimum atomic E-state index is -0.170. The molecule has 0 aliphatic heterocycles. The second kappa shape index (κ2) is 7.66. The number of rotatable bonds is 6. The number of benzene rings is 2. The van der Waals surface area contributed by atoms with Gasteiger partial charge in [0.05, 0.1) is 10.7 Å². The Morgan fingerprint density at radius 3 is 2.33 bits per heavy atom. The summed E-state index contributed by atoms with van der Waals surface area (Å²) in [5.74, 6) is 1.69. The van der Waals surface area contributed by atoms with Crippen LogP contribution in [0.5, 0.6) is 11.5 Å². The van der Waals surface area contributed by atoms with E-state index in [0.717, 1.165) is 27.1 Å². The van der Waals surface area contributed by atoms with Crippen LogP contribution in [0.4, 0.5) is 0 Å². The zero-order chi connectivity index (χ0) is 15.2. The van der Waals surface area contributed by atoms with Crippen LogP contribution >= 0.6 is 22.6 Å². The molecule has 0 spiro atoms. The fraction of sp³-hybridized carbons (Fsp3) is 0.294. The topological polar surface area (TPSA) is 44.5 Å². The molecule has 0 heterocycles. The highest BCUT2D eigenvalue weighted by Gasteiger charge is 2.21. The van der Waals surface area contributed by atoms with Crippen molar-refractivity contribution in [2.75, 3.05) is 7.11 Å². The molecule has 0 aliphatic rings. The van der Waals surface area contributed by atoms with E-state index in [1.54, 1.807) is 7.11 Å². The van der Waals surface area contributed by atoms with Crippen LogP contribution in [-0.4, -0.2) is 13.2 Å². The van der Waals surface area contributed by atoms with Crippen molar-refractivity contribution in [3.63, 3.8) is 0 Å². The molecule has 2 aromatic rings. The molecule has 2 atom stereocenters. The summed E-state index contributed by atoms with van der Waals surface area (Å²) in [6, 6.07) is 15.8. The van der Waals surface area contributed by atoms with E-state index in [1.807, 2.05) is 48.5 Å². The summed E-state index contributed by atoms with van der Waals surface area (Å²) >= 11 is 2.27. The molecule has 0 saturated heterocycles. The monoisotopic (exact) mass is 397 g/mol. The van der Waals surface area contributed by atoms with Crippen molar-refractivity contribution in [3.05, 3.63) is 57.7 Å². The summed E-state index contributed by atoms with van der Waals surface area (Å²) in [6.45, 7) is 2.07. The predicted molar refractivity (Wildman–Crippen MR) is 93.8 cm³/mol. The maximum absolute atomic E-state index is 6.26. The van der Waals surface area contributed by atoms with E-state index in [9.17, 15) is 0 Å². The zero-order valence-electron chi connectivity index (χ0n) is 12.3. The van der Waals surface area contributed by atoms with Crippen LogP contribution < -0.4 is 15.2 Å². The molecule has 0 bridgehead atoms. The average Bonchev–Trinajstić information content (AvgIpc) is 2.53. The molecule has 0 aromatic heterocycles. The molecular weight excluding hydrogens is 377 g/mol. The first-order valence-corrected chi connectivity index (χ1v) is 8.04. The summed E-state index contributed by atoms with van der Waals surface area (Å²) in [5, 5.41) is 0. The van der Waals surface area contributed by atoms with Gasteiger partial charge in [-0.15, -0.1) is 0 Å². The largest absolute Gasteiger partial charge is 0.497 e. The van der Waals surface area contributed by atoms with Gasteiger partial charge < -0.3 is 15.2 Å². The Kier molecular flexibility index (Phi) is 5.87. The fourth-order valence-electron chi connectivity index (χ4n) is 2.09. The van der Waals surface area contributed by atoms with E-state index >= 15 is 0 Å². The average molecular weight is 397 g/mol. The van der Waals surface area contributed by atoms with Gasteiger partial charge in [0.25, 0.3) is 0 Å². The van der Waals surface area contributed by atoms with Gasteiger partial charge in [-0.1, -0.05) is 31.2 Å². The van der Waals surface area contributed by atoms with Gasteiger partial charge in [0.15, 0.2) is 0 Å². The molecule has 21 heavy (non-hydrogen) atoms. The third kappa shape index (κ3) is 4.11. The van der Waals surface area contributed by atoms with Gasteiger partial charge in [0, 0.05) is 6.04 Å². The summed E-state index contributed by atoms with van der Waals surface area (Å²) in [4.78, 5) is 0. The SMILES string of the molecule is CCC(N)C(Oc1ccccc1I)c1ccc(OC)cc1. The van der Waals surface area contributed by atoms with Gasteiger partial charge in [-0.25, -0.2) is 0 Å². The number of hydrogen-bond acceptors (Lipinski definition) is 3. The number of ether oxygens (including phenoxy) is 2. The van der Waals surface area contributed by atoms with Crippen LogP contribution in [-0.2, 0) is 0 Å². The van der Waals surface area contributed by atoms with Crippen molar-refractivity contribution < 1.29 is 9.47 Å². The Labute approximate surface area is 139 Å². The normalized spacial score (nSPS) is 13.5. The van der Waals surface area contributed by atoms with Gasteiger partial charge in [-0.2, -0.15) is 0 Å². The smallest absolute Gasteiger partial charge is 0.139 e. The van der Waals surface area contributed by atoms with Crippen LogP contribution in [0.15, 0.2) is 48.5 Å². The number of hydrogen-bond donors (Lipinski definition) is 1. The summed E-state index contributed by atoms with van der Waals surface area (Å²) in [6.07, 6.45) is 0.678. The van der Waals surface area contributed by atoms with E-state index in [4.69, 9.17) is 15.2 Å². The van der Waals surface area contributed by atoms with E-state index in [1.165, 1.54) is 0 Å². The lowest BCUT2D eigenvalue weighted by atomic mass is 10.0. The van der Waals surface area contributed by atoms with Gasteiger partial charge in [0.2, 0.25) is 0 Å². The quantitative estimate of drug-likeness (QED) is 0.745. The van der Waals surface area contributed by atoms with Gasteiger partial charge in [-0.05, 0) is 58.8 Å². The Morgan fingerprint density at radius 2 is 1.76 bits per heavy atom. The summed E-state index contributed by atoms with van der Waals surface area (Å²) < 4.78 is 12.5. The van der Waals surface area contributed by atoms with Gasteiger partial charge in [-0.3, -0.25) is 0 Å². The van der Waals surface area contributed by atoms with Crippen molar-refractivity contribution in [2.24, 2.45) is 5.73 Å². The second-order valence-corrected chi connectivity index (χ2v) is 5.98. The van der Waals surface area contributed by atoms with E-state index in [0.29, 0.717) is 0 Å². The third-order valence-corrected chi connectivity index (χ3v) is 4.29. The number of para-hydroxylation sites is 1. The Bertz CT molecular complexity index is 571. The molecule has 0 aliphatic carbocycles. The Morgan fingerprint density at radius 1 is 1.10 bits per heavy atom. The zero-order valence-corrected chi connectivity index (χ0v) is 14.4. The first-order chi connectivity index (χ1) is 10.2. The molecule has 4 heteroatoms. The molecule has 0 amide bonds. The van der Waals surface area contributed by atoms with Crippen molar-refractivity contribution in [1.29, 1.82) is 0 Å². The van der Waals surface area contributed by atoms with Crippen LogP contribution in [0.2, 0.25) is 0 Å². The molecule has 2 rings (SSSR count). The maximum Gasteiger partial charge on any atom is 0.139 e. The molecule has 2 N–H and O–H groups in total. The Hall–Kier alpha value is -1.27. The van der Waals surface area contributed by atoms with Crippen molar-refractivity contribution in [3.8, 4) is 11.5 Å². The summed E-state index contributed by atoms with van der Waals surface area (Å²) in [7, 11) is 1.66. The highest BCUT2D eigenvalue weighted by Crippen LogP contribution is 2.29. The van der Waals surface area contributed by atoms with Crippen molar-refractivity contribution in [1.82, 2.24) is 0 Å². The minimum absolute atomic E-state index is 0.0607. The molecule has 3 nitrogen and oxygen atoms in total. The van der Waals surface area contributed by atoms with E-state index < -0.39 is 0 Å². The molecule has 0 radical (unpaired) electrons. The van der Waals surface area contributed by atoms with E-state index in [-0.39, 0.29) is 12.1 Å². The van der Waals surface area contributed by atoms with Crippen molar-refractivity contribution >= 4 is 22.6 Å². The second-order valence-electron chi connectivity index (χ2n) is 4.81. The maximum atomic E-state index is 6.26. The summed E-state index contributed by atoms with van der Waals surface area (Å²) in [5.41, 5.74) is 7.32. The van der Waals surface area contributed by atoms with Crippen LogP contribution in [0.1, 0.15) is 25.0 Å². The molecule has 0 saturated carbocycles. The minimum Gasteiger partial charge on any atom is -0.497 e.